The van der Waals surface area contributed by atoms with Gasteiger partial charge in [0.25, 0.3) is 5.91 Å². The molecule has 20 heavy (non-hydrogen) atoms. The molecule has 2 heterocycles. The van der Waals surface area contributed by atoms with Crippen molar-refractivity contribution in [2.45, 2.75) is 20.3 Å². The van der Waals surface area contributed by atoms with Crippen LogP contribution in [0.2, 0.25) is 0 Å². The molecule has 0 bridgehead atoms. The molecule has 0 saturated carbocycles. The Kier molecular flexibility index (Phi) is 4.42. The van der Waals surface area contributed by atoms with Gasteiger partial charge in [-0.15, -0.1) is 0 Å². The lowest BCUT2D eigenvalue weighted by atomic mass is 9.92. The molecule has 1 fully saturated rings. The maximum atomic E-state index is 12.1. The minimum atomic E-state index is -0.308. The van der Waals surface area contributed by atoms with Crippen LogP contribution >= 0.6 is 0 Å². The van der Waals surface area contributed by atoms with Crippen LogP contribution in [0.3, 0.4) is 0 Å². The van der Waals surface area contributed by atoms with Gasteiger partial charge in [-0.25, -0.2) is 0 Å². The van der Waals surface area contributed by atoms with E-state index in [9.17, 15) is 9.59 Å². The summed E-state index contributed by atoms with van der Waals surface area (Å²) in [5, 5.41) is 6.64. The Hall–Kier alpha value is -1.85. The Morgan fingerprint density at radius 1 is 1.35 bits per heavy atom. The number of piperidine rings is 1. The summed E-state index contributed by atoms with van der Waals surface area (Å²) in [6, 6.07) is 1.63. The van der Waals surface area contributed by atoms with E-state index in [4.69, 9.17) is 0 Å². The molecule has 110 valence electrons. The van der Waals surface area contributed by atoms with E-state index in [-0.39, 0.29) is 18.4 Å². The summed E-state index contributed by atoms with van der Waals surface area (Å²) in [6.07, 6.45) is 2.86. The maximum absolute atomic E-state index is 12.1. The first-order chi connectivity index (χ1) is 9.45. The zero-order chi connectivity index (χ0) is 14.7. The van der Waals surface area contributed by atoms with Gasteiger partial charge in [-0.2, -0.15) is 5.10 Å². The zero-order valence-electron chi connectivity index (χ0n) is 12.3. The standard InChI is InChI=1S/C14H22N4O2/c1-10-6-11(2)9-18(8-10)13(19)7-15-14(20)12-4-5-17(3)16-12/h4-5,10-11H,6-9H2,1-3H3,(H,15,20). The lowest BCUT2D eigenvalue weighted by Crippen LogP contribution is -2.46. The van der Waals surface area contributed by atoms with Crippen molar-refractivity contribution in [3.63, 3.8) is 0 Å². The summed E-state index contributed by atoms with van der Waals surface area (Å²) in [7, 11) is 1.75. The van der Waals surface area contributed by atoms with Gasteiger partial charge in [-0.05, 0) is 24.3 Å². The number of hydrogen-bond acceptors (Lipinski definition) is 3. The van der Waals surface area contributed by atoms with Crippen LogP contribution in [-0.4, -0.2) is 46.1 Å². The number of nitrogens with zero attached hydrogens (tertiary/aromatic N) is 3. The highest BCUT2D eigenvalue weighted by Gasteiger charge is 2.25. The first kappa shape index (κ1) is 14.6. The second kappa shape index (κ2) is 6.07. The minimum Gasteiger partial charge on any atom is -0.342 e. The Morgan fingerprint density at radius 3 is 2.55 bits per heavy atom. The smallest absolute Gasteiger partial charge is 0.272 e. The van der Waals surface area contributed by atoms with Crippen LogP contribution < -0.4 is 5.32 Å². The van der Waals surface area contributed by atoms with Crippen LogP contribution in [0.4, 0.5) is 0 Å². The number of amides is 2. The van der Waals surface area contributed by atoms with Crippen molar-refractivity contribution in [2.75, 3.05) is 19.6 Å². The highest BCUT2D eigenvalue weighted by Crippen LogP contribution is 2.20. The molecule has 0 radical (unpaired) electrons. The van der Waals surface area contributed by atoms with Crippen molar-refractivity contribution >= 4 is 11.8 Å². The molecule has 2 atom stereocenters. The molecular formula is C14H22N4O2. The second-order valence-electron chi connectivity index (χ2n) is 5.80. The van der Waals surface area contributed by atoms with Gasteiger partial charge in [0.2, 0.25) is 5.91 Å². The van der Waals surface area contributed by atoms with Crippen LogP contribution in [0.25, 0.3) is 0 Å². The summed E-state index contributed by atoms with van der Waals surface area (Å²) < 4.78 is 1.56. The molecule has 2 rings (SSSR count). The molecule has 0 aromatic carbocycles. The van der Waals surface area contributed by atoms with Crippen molar-refractivity contribution in [3.8, 4) is 0 Å². The molecule has 1 N–H and O–H groups in total. The Bertz CT molecular complexity index is 487. The third-order valence-electron chi connectivity index (χ3n) is 3.57. The SMILES string of the molecule is CC1CC(C)CN(C(=O)CNC(=O)c2ccn(C)n2)C1. The molecule has 0 aliphatic carbocycles. The summed E-state index contributed by atoms with van der Waals surface area (Å²) in [5.41, 5.74) is 0.334. The average molecular weight is 278 g/mol. The largest absolute Gasteiger partial charge is 0.342 e. The molecule has 6 nitrogen and oxygen atoms in total. The zero-order valence-corrected chi connectivity index (χ0v) is 12.3. The van der Waals surface area contributed by atoms with Gasteiger partial charge in [0.05, 0.1) is 6.54 Å². The number of aryl methyl sites for hydroxylation is 1. The van der Waals surface area contributed by atoms with Crippen LogP contribution in [0.1, 0.15) is 30.8 Å². The molecule has 1 aliphatic heterocycles. The molecule has 1 aliphatic rings. The van der Waals surface area contributed by atoms with E-state index in [1.54, 1.807) is 24.0 Å². The van der Waals surface area contributed by atoms with Crippen LogP contribution in [0, 0.1) is 11.8 Å². The van der Waals surface area contributed by atoms with E-state index in [0.29, 0.717) is 17.5 Å². The Balaban J connectivity index is 1.84. The molecule has 1 aromatic heterocycles. The van der Waals surface area contributed by atoms with Crippen molar-refractivity contribution in [1.29, 1.82) is 0 Å². The summed E-state index contributed by atoms with van der Waals surface area (Å²) >= 11 is 0. The van der Waals surface area contributed by atoms with E-state index >= 15 is 0 Å². The molecule has 2 amide bonds. The number of carbonyl (C=O) groups is 2. The quantitative estimate of drug-likeness (QED) is 0.883. The van der Waals surface area contributed by atoms with Gasteiger partial charge < -0.3 is 10.2 Å². The predicted molar refractivity (Wildman–Crippen MR) is 75.1 cm³/mol. The third kappa shape index (κ3) is 3.59. The summed E-state index contributed by atoms with van der Waals surface area (Å²) in [6.45, 7) is 5.91. The number of aromatic nitrogens is 2. The molecule has 1 saturated heterocycles. The van der Waals surface area contributed by atoms with E-state index in [1.165, 1.54) is 0 Å². The van der Waals surface area contributed by atoms with Gasteiger partial charge in [0, 0.05) is 26.3 Å². The first-order valence-electron chi connectivity index (χ1n) is 7.01. The average Bonchev–Trinajstić information content (AvgIpc) is 2.81. The summed E-state index contributed by atoms with van der Waals surface area (Å²) in [5.74, 6) is 0.716. The topological polar surface area (TPSA) is 67.2 Å². The van der Waals surface area contributed by atoms with Crippen molar-refractivity contribution in [1.82, 2.24) is 20.0 Å². The van der Waals surface area contributed by atoms with Crippen LogP contribution in [0.5, 0.6) is 0 Å². The second-order valence-corrected chi connectivity index (χ2v) is 5.80. The monoisotopic (exact) mass is 278 g/mol. The number of rotatable bonds is 3. The van der Waals surface area contributed by atoms with Crippen molar-refractivity contribution in [2.24, 2.45) is 18.9 Å². The molecule has 2 unspecified atom stereocenters. The molecule has 0 spiro atoms. The molecule has 1 aromatic rings. The van der Waals surface area contributed by atoms with E-state index < -0.39 is 0 Å². The summed E-state index contributed by atoms with van der Waals surface area (Å²) in [4.78, 5) is 25.8. The van der Waals surface area contributed by atoms with Gasteiger partial charge in [-0.1, -0.05) is 13.8 Å². The van der Waals surface area contributed by atoms with E-state index in [2.05, 4.69) is 24.3 Å². The van der Waals surface area contributed by atoms with Crippen molar-refractivity contribution < 1.29 is 9.59 Å². The lowest BCUT2D eigenvalue weighted by Gasteiger charge is -2.35. The minimum absolute atomic E-state index is 0.0207. The Morgan fingerprint density at radius 2 is 2.00 bits per heavy atom. The van der Waals surface area contributed by atoms with Crippen LogP contribution in [0.15, 0.2) is 12.3 Å². The highest BCUT2D eigenvalue weighted by molar-refractivity contribution is 5.94. The van der Waals surface area contributed by atoms with Gasteiger partial charge >= 0.3 is 0 Å². The number of likely N-dealkylation sites (tertiary alicyclic amines) is 1. The number of nitrogens with one attached hydrogen (secondary N) is 1. The van der Waals surface area contributed by atoms with Crippen LogP contribution in [-0.2, 0) is 11.8 Å². The van der Waals surface area contributed by atoms with Crippen molar-refractivity contribution in [3.05, 3.63) is 18.0 Å². The fourth-order valence-corrected chi connectivity index (χ4v) is 2.76. The van der Waals surface area contributed by atoms with E-state index in [1.807, 2.05) is 4.90 Å². The molecular weight excluding hydrogens is 256 g/mol. The fourth-order valence-electron chi connectivity index (χ4n) is 2.76. The molecule has 6 heteroatoms. The lowest BCUT2D eigenvalue weighted by molar-refractivity contribution is -0.132. The Labute approximate surface area is 119 Å². The highest BCUT2D eigenvalue weighted by atomic mass is 16.2. The number of carbonyl (C=O) groups excluding carboxylic acids is 2. The van der Waals surface area contributed by atoms with Gasteiger partial charge in [0.1, 0.15) is 5.69 Å². The fraction of sp³-hybridized carbons (Fsp3) is 0.643. The predicted octanol–water partition coefficient (Wildman–Crippen LogP) is 0.654. The van der Waals surface area contributed by atoms with E-state index in [0.717, 1.165) is 19.5 Å². The third-order valence-corrected chi connectivity index (χ3v) is 3.57. The normalized spacial score (nSPS) is 22.6. The number of hydrogen-bond donors (Lipinski definition) is 1. The van der Waals surface area contributed by atoms with Gasteiger partial charge in [-0.3, -0.25) is 14.3 Å². The first-order valence-corrected chi connectivity index (χ1v) is 7.01. The maximum Gasteiger partial charge on any atom is 0.272 e. The van der Waals surface area contributed by atoms with Gasteiger partial charge in [0.15, 0.2) is 0 Å².